The van der Waals surface area contributed by atoms with E-state index in [0.29, 0.717) is 42.5 Å². The Morgan fingerprint density at radius 3 is 2.52 bits per heavy atom. The Labute approximate surface area is 156 Å². The largest absolute Gasteiger partial charge is 0.493 e. The van der Waals surface area contributed by atoms with Crippen molar-refractivity contribution in [3.8, 4) is 11.5 Å². The van der Waals surface area contributed by atoms with E-state index in [4.69, 9.17) is 9.47 Å². The van der Waals surface area contributed by atoms with E-state index in [1.165, 1.54) is 12.8 Å². The SMILES string of the molecule is COc1ccccc1OC(C)CNC(=O)CC1CC2CCC(C1)N2.Cl. The van der Waals surface area contributed by atoms with Crippen LogP contribution in [-0.2, 0) is 4.79 Å². The molecule has 3 rings (SSSR count). The molecular weight excluding hydrogens is 340 g/mol. The number of piperidine rings is 1. The van der Waals surface area contributed by atoms with Gasteiger partial charge in [-0.3, -0.25) is 4.79 Å². The summed E-state index contributed by atoms with van der Waals surface area (Å²) in [5.41, 5.74) is 0. The van der Waals surface area contributed by atoms with E-state index in [-0.39, 0.29) is 24.4 Å². The van der Waals surface area contributed by atoms with Crippen LogP contribution in [0.25, 0.3) is 0 Å². The summed E-state index contributed by atoms with van der Waals surface area (Å²) >= 11 is 0. The van der Waals surface area contributed by atoms with Crippen molar-refractivity contribution in [1.29, 1.82) is 0 Å². The van der Waals surface area contributed by atoms with Crippen molar-refractivity contribution >= 4 is 18.3 Å². The number of para-hydroxylation sites is 2. The fourth-order valence-corrected chi connectivity index (χ4v) is 3.91. The minimum absolute atomic E-state index is 0. The number of hydrogen-bond acceptors (Lipinski definition) is 4. The van der Waals surface area contributed by atoms with Gasteiger partial charge in [-0.25, -0.2) is 0 Å². The Kier molecular flexibility index (Phi) is 7.38. The summed E-state index contributed by atoms with van der Waals surface area (Å²) in [6.45, 7) is 2.46. The number of nitrogens with one attached hydrogen (secondary N) is 2. The van der Waals surface area contributed by atoms with Gasteiger partial charge in [0.2, 0.25) is 5.91 Å². The van der Waals surface area contributed by atoms with Crippen LogP contribution in [0, 0.1) is 5.92 Å². The monoisotopic (exact) mass is 368 g/mol. The first-order chi connectivity index (χ1) is 11.6. The molecule has 3 unspecified atom stereocenters. The molecule has 6 heteroatoms. The van der Waals surface area contributed by atoms with Crippen LogP contribution in [0.2, 0.25) is 0 Å². The average molecular weight is 369 g/mol. The number of benzene rings is 1. The molecule has 2 bridgehead atoms. The van der Waals surface area contributed by atoms with Crippen molar-refractivity contribution < 1.29 is 14.3 Å². The molecule has 25 heavy (non-hydrogen) atoms. The van der Waals surface area contributed by atoms with Gasteiger partial charge in [0.1, 0.15) is 6.10 Å². The lowest BCUT2D eigenvalue weighted by Crippen LogP contribution is -2.40. The van der Waals surface area contributed by atoms with Crippen LogP contribution in [-0.4, -0.2) is 37.7 Å². The lowest BCUT2D eigenvalue weighted by molar-refractivity contribution is -0.122. The van der Waals surface area contributed by atoms with Crippen molar-refractivity contribution in [2.75, 3.05) is 13.7 Å². The molecule has 0 aliphatic carbocycles. The Balaban J connectivity index is 0.00000225. The summed E-state index contributed by atoms with van der Waals surface area (Å²) in [5, 5.41) is 6.63. The van der Waals surface area contributed by atoms with Crippen molar-refractivity contribution in [3.05, 3.63) is 24.3 Å². The number of carbonyl (C=O) groups is 1. The zero-order chi connectivity index (χ0) is 16.9. The molecule has 140 valence electrons. The van der Waals surface area contributed by atoms with Gasteiger partial charge < -0.3 is 20.1 Å². The third-order valence-corrected chi connectivity index (χ3v) is 5.03. The van der Waals surface area contributed by atoms with E-state index in [1.807, 2.05) is 31.2 Å². The summed E-state index contributed by atoms with van der Waals surface area (Å²) < 4.78 is 11.2. The van der Waals surface area contributed by atoms with Gasteiger partial charge in [0, 0.05) is 18.5 Å². The first kappa shape index (κ1) is 19.9. The minimum Gasteiger partial charge on any atom is -0.493 e. The molecule has 1 aromatic carbocycles. The number of ether oxygens (including phenoxy) is 2. The normalized spacial score (nSPS) is 25.6. The smallest absolute Gasteiger partial charge is 0.220 e. The average Bonchev–Trinajstić information content (AvgIpc) is 2.92. The van der Waals surface area contributed by atoms with E-state index < -0.39 is 0 Å². The van der Waals surface area contributed by atoms with Crippen LogP contribution >= 0.6 is 12.4 Å². The predicted octanol–water partition coefficient (Wildman–Crippen LogP) is 2.92. The predicted molar refractivity (Wildman–Crippen MR) is 101 cm³/mol. The Hall–Kier alpha value is -1.46. The van der Waals surface area contributed by atoms with Gasteiger partial charge in [0.25, 0.3) is 0 Å². The number of amides is 1. The van der Waals surface area contributed by atoms with Crippen molar-refractivity contribution in [1.82, 2.24) is 10.6 Å². The van der Waals surface area contributed by atoms with Crippen molar-refractivity contribution in [2.24, 2.45) is 5.92 Å². The maximum Gasteiger partial charge on any atom is 0.220 e. The highest BCUT2D eigenvalue weighted by Gasteiger charge is 2.34. The first-order valence-electron chi connectivity index (χ1n) is 8.96. The Morgan fingerprint density at radius 2 is 1.88 bits per heavy atom. The third-order valence-electron chi connectivity index (χ3n) is 5.03. The van der Waals surface area contributed by atoms with Gasteiger partial charge >= 0.3 is 0 Å². The van der Waals surface area contributed by atoms with Crippen LogP contribution in [0.4, 0.5) is 0 Å². The maximum atomic E-state index is 12.2. The second-order valence-corrected chi connectivity index (χ2v) is 7.06. The van der Waals surface area contributed by atoms with Gasteiger partial charge in [0.15, 0.2) is 11.5 Å². The molecule has 2 fully saturated rings. The maximum absolute atomic E-state index is 12.2. The first-order valence-corrected chi connectivity index (χ1v) is 8.96. The van der Waals surface area contributed by atoms with Gasteiger partial charge in [-0.2, -0.15) is 0 Å². The lowest BCUT2D eigenvalue weighted by Gasteiger charge is -2.28. The summed E-state index contributed by atoms with van der Waals surface area (Å²) in [6.07, 6.45) is 5.35. The van der Waals surface area contributed by atoms with Crippen LogP contribution in [0.3, 0.4) is 0 Å². The zero-order valence-electron chi connectivity index (χ0n) is 15.0. The Bertz CT molecular complexity index is 557. The quantitative estimate of drug-likeness (QED) is 0.776. The third kappa shape index (κ3) is 5.51. The fraction of sp³-hybridized carbons (Fsp3) is 0.632. The lowest BCUT2D eigenvalue weighted by atomic mass is 9.89. The Morgan fingerprint density at radius 1 is 1.24 bits per heavy atom. The fourth-order valence-electron chi connectivity index (χ4n) is 3.91. The zero-order valence-corrected chi connectivity index (χ0v) is 15.8. The molecule has 5 nitrogen and oxygen atoms in total. The summed E-state index contributed by atoms with van der Waals surface area (Å²) in [5.74, 6) is 2.07. The van der Waals surface area contributed by atoms with E-state index >= 15 is 0 Å². The molecule has 2 aliphatic heterocycles. The van der Waals surface area contributed by atoms with Gasteiger partial charge in [-0.05, 0) is 50.7 Å². The van der Waals surface area contributed by atoms with Crippen LogP contribution in [0.15, 0.2) is 24.3 Å². The minimum atomic E-state index is -0.102. The number of rotatable bonds is 7. The number of hydrogen-bond donors (Lipinski definition) is 2. The topological polar surface area (TPSA) is 59.6 Å². The van der Waals surface area contributed by atoms with Gasteiger partial charge in [-0.1, -0.05) is 12.1 Å². The van der Waals surface area contributed by atoms with Gasteiger partial charge in [0.05, 0.1) is 13.7 Å². The molecule has 0 aromatic heterocycles. The van der Waals surface area contributed by atoms with Crippen LogP contribution in [0.1, 0.15) is 39.0 Å². The molecule has 2 N–H and O–H groups in total. The number of fused-ring (bicyclic) bond motifs is 2. The molecule has 1 aromatic rings. The molecule has 2 saturated heterocycles. The van der Waals surface area contributed by atoms with Gasteiger partial charge in [-0.15, -0.1) is 12.4 Å². The standard InChI is InChI=1S/C19H28N2O3.ClH/c1-13(24-18-6-4-3-5-17(18)23-2)12-20-19(22)11-14-9-15-7-8-16(10-14)21-15;/h3-6,13-16,21H,7-12H2,1-2H3,(H,20,22);1H. The highest BCUT2D eigenvalue weighted by atomic mass is 35.5. The molecular formula is C19H29ClN2O3. The van der Waals surface area contributed by atoms with E-state index in [1.54, 1.807) is 7.11 Å². The highest BCUT2D eigenvalue weighted by molar-refractivity contribution is 5.85. The number of halogens is 1. The van der Waals surface area contributed by atoms with E-state index in [9.17, 15) is 4.79 Å². The van der Waals surface area contributed by atoms with Crippen molar-refractivity contribution in [3.63, 3.8) is 0 Å². The summed E-state index contributed by atoms with van der Waals surface area (Å²) in [6, 6.07) is 8.83. The highest BCUT2D eigenvalue weighted by Crippen LogP contribution is 2.32. The second kappa shape index (κ2) is 9.30. The summed E-state index contributed by atoms with van der Waals surface area (Å²) in [7, 11) is 1.63. The molecule has 3 atom stereocenters. The summed E-state index contributed by atoms with van der Waals surface area (Å²) in [4.78, 5) is 12.2. The number of methoxy groups -OCH3 is 1. The number of carbonyl (C=O) groups excluding carboxylic acids is 1. The molecule has 0 radical (unpaired) electrons. The van der Waals surface area contributed by atoms with Crippen molar-refractivity contribution in [2.45, 2.75) is 57.2 Å². The molecule has 2 heterocycles. The second-order valence-electron chi connectivity index (χ2n) is 7.06. The molecule has 0 saturated carbocycles. The molecule has 1 amide bonds. The molecule has 0 spiro atoms. The van der Waals surface area contributed by atoms with E-state index in [2.05, 4.69) is 10.6 Å². The van der Waals surface area contributed by atoms with Crippen LogP contribution < -0.4 is 20.1 Å². The molecule has 2 aliphatic rings. The van der Waals surface area contributed by atoms with E-state index in [0.717, 1.165) is 12.8 Å². The van der Waals surface area contributed by atoms with Crippen LogP contribution in [0.5, 0.6) is 11.5 Å².